The molecule has 0 amide bonds. The molecule has 0 saturated carbocycles. The highest BCUT2D eigenvalue weighted by molar-refractivity contribution is 7.13. The third-order valence-corrected chi connectivity index (χ3v) is 6.52. The molecule has 0 bridgehead atoms. The molecule has 144 valence electrons. The van der Waals surface area contributed by atoms with Crippen molar-refractivity contribution in [3.63, 3.8) is 0 Å². The molecular formula is C22H23ClN4S. The lowest BCUT2D eigenvalue weighted by Crippen LogP contribution is -2.16. The Morgan fingerprint density at radius 3 is 2.68 bits per heavy atom. The molecule has 0 radical (unpaired) electrons. The molecule has 4 rings (SSSR count). The molecule has 0 aliphatic rings. The molecule has 4 aromatic rings. The third kappa shape index (κ3) is 3.47. The van der Waals surface area contributed by atoms with E-state index in [4.69, 9.17) is 22.3 Å². The van der Waals surface area contributed by atoms with E-state index >= 15 is 0 Å². The molecule has 2 unspecified atom stereocenters. The number of nitrogens with zero attached hydrogens (tertiary/aromatic N) is 2. The van der Waals surface area contributed by atoms with Crippen molar-refractivity contribution < 1.29 is 0 Å². The molecule has 2 atom stereocenters. The van der Waals surface area contributed by atoms with E-state index in [1.54, 1.807) is 11.3 Å². The molecule has 2 aromatic carbocycles. The zero-order valence-corrected chi connectivity index (χ0v) is 17.7. The van der Waals surface area contributed by atoms with Gasteiger partial charge in [0, 0.05) is 39.1 Å². The summed E-state index contributed by atoms with van der Waals surface area (Å²) in [7, 11) is 4.19. The molecule has 0 aliphatic carbocycles. The summed E-state index contributed by atoms with van der Waals surface area (Å²) in [5.41, 5.74) is 11.7. The minimum atomic E-state index is -0.334. The summed E-state index contributed by atoms with van der Waals surface area (Å²) in [5, 5.41) is 4.88. The topological polar surface area (TPSA) is 57.9 Å². The second-order valence-electron chi connectivity index (χ2n) is 7.22. The van der Waals surface area contributed by atoms with Crippen LogP contribution in [0.5, 0.6) is 0 Å². The summed E-state index contributed by atoms with van der Waals surface area (Å²) in [6.07, 6.45) is 2.10. The average Bonchev–Trinajstić information content (AvgIpc) is 3.34. The van der Waals surface area contributed by atoms with E-state index in [1.807, 2.05) is 29.6 Å². The second kappa shape index (κ2) is 7.68. The Morgan fingerprint density at radius 2 is 1.93 bits per heavy atom. The zero-order valence-electron chi connectivity index (χ0n) is 16.1. The summed E-state index contributed by atoms with van der Waals surface area (Å²) in [6, 6.07) is 14.1. The first-order valence-electron chi connectivity index (χ1n) is 9.19. The molecule has 2 heterocycles. The van der Waals surface area contributed by atoms with E-state index in [2.05, 4.69) is 55.3 Å². The van der Waals surface area contributed by atoms with Gasteiger partial charge in [0.05, 0.1) is 11.7 Å². The Balaban J connectivity index is 1.70. The number of halogens is 1. The zero-order chi connectivity index (χ0) is 19.8. The van der Waals surface area contributed by atoms with E-state index in [0.717, 1.165) is 27.3 Å². The number of thiazole rings is 1. The van der Waals surface area contributed by atoms with Crippen LogP contribution in [0.1, 0.15) is 35.8 Å². The fourth-order valence-electron chi connectivity index (χ4n) is 3.35. The first-order valence-corrected chi connectivity index (χ1v) is 10.4. The van der Waals surface area contributed by atoms with Gasteiger partial charge in [-0.15, -0.1) is 11.3 Å². The fourth-order valence-corrected chi connectivity index (χ4v) is 4.45. The van der Waals surface area contributed by atoms with Crippen LogP contribution >= 0.6 is 22.9 Å². The Morgan fingerprint density at radius 1 is 1.14 bits per heavy atom. The van der Waals surface area contributed by atoms with Crippen molar-refractivity contribution in [3.05, 3.63) is 75.9 Å². The molecule has 0 spiro atoms. The highest BCUT2D eigenvalue weighted by Crippen LogP contribution is 2.34. The smallest absolute Gasteiger partial charge is 0.123 e. The van der Waals surface area contributed by atoms with Gasteiger partial charge in [-0.1, -0.05) is 29.8 Å². The first kappa shape index (κ1) is 19.2. The van der Waals surface area contributed by atoms with Gasteiger partial charge in [0.2, 0.25) is 0 Å². The van der Waals surface area contributed by atoms with Crippen molar-refractivity contribution >= 4 is 33.8 Å². The van der Waals surface area contributed by atoms with Gasteiger partial charge in [-0.05, 0) is 56.4 Å². The summed E-state index contributed by atoms with van der Waals surface area (Å²) in [6.45, 7) is 2.21. The molecule has 6 heteroatoms. The third-order valence-electron chi connectivity index (χ3n) is 5.27. The van der Waals surface area contributed by atoms with Crippen LogP contribution in [0.4, 0.5) is 0 Å². The van der Waals surface area contributed by atoms with Crippen LogP contribution < -0.4 is 5.73 Å². The van der Waals surface area contributed by atoms with Crippen LogP contribution in [-0.4, -0.2) is 29.0 Å². The number of fused-ring (bicyclic) bond motifs is 1. The van der Waals surface area contributed by atoms with Gasteiger partial charge in [-0.25, -0.2) is 4.98 Å². The van der Waals surface area contributed by atoms with Crippen molar-refractivity contribution in [1.82, 2.24) is 14.9 Å². The molecular weight excluding hydrogens is 388 g/mol. The molecule has 3 N–H and O–H groups in total. The van der Waals surface area contributed by atoms with Gasteiger partial charge >= 0.3 is 0 Å². The number of benzene rings is 2. The minimum absolute atomic E-state index is 0.324. The van der Waals surface area contributed by atoms with Crippen LogP contribution in [-0.2, 0) is 0 Å². The van der Waals surface area contributed by atoms with Crippen LogP contribution in [0.15, 0.2) is 54.0 Å². The summed E-state index contributed by atoms with van der Waals surface area (Å²) in [5.74, 6) is 0. The monoisotopic (exact) mass is 410 g/mol. The van der Waals surface area contributed by atoms with Gasteiger partial charge in [0.1, 0.15) is 5.01 Å². The molecule has 4 nitrogen and oxygen atoms in total. The standard InChI is InChI=1S/C22H23ClN4S/c1-13(27(2)3)17-11-25-19-9-8-14(10-16(17)19)22-26-20(12-28-22)21(24)15-6-4-5-7-18(15)23/h4-13,21,25H,24H2,1-3H3. The van der Waals surface area contributed by atoms with Crippen LogP contribution in [0.25, 0.3) is 21.5 Å². The van der Waals surface area contributed by atoms with E-state index in [1.165, 1.54) is 10.9 Å². The highest BCUT2D eigenvalue weighted by Gasteiger charge is 2.18. The Bertz CT molecular complexity index is 1110. The number of aromatic nitrogens is 2. The van der Waals surface area contributed by atoms with Crippen LogP contribution in [0.3, 0.4) is 0 Å². The Labute approximate surface area is 174 Å². The number of H-pyrrole nitrogens is 1. The van der Waals surface area contributed by atoms with Gasteiger partial charge in [0.15, 0.2) is 0 Å². The van der Waals surface area contributed by atoms with Crippen molar-refractivity contribution in [1.29, 1.82) is 0 Å². The predicted octanol–water partition coefficient (Wildman–Crippen LogP) is 5.62. The Hall–Kier alpha value is -2.18. The Kier molecular flexibility index (Phi) is 5.25. The summed E-state index contributed by atoms with van der Waals surface area (Å²) < 4.78 is 0. The van der Waals surface area contributed by atoms with E-state index in [-0.39, 0.29) is 6.04 Å². The number of nitrogens with two attached hydrogens (primary N) is 1. The molecule has 0 saturated heterocycles. The average molecular weight is 411 g/mol. The fraction of sp³-hybridized carbons (Fsp3) is 0.227. The van der Waals surface area contributed by atoms with Gasteiger partial charge < -0.3 is 15.6 Å². The van der Waals surface area contributed by atoms with Gasteiger partial charge in [0.25, 0.3) is 0 Å². The highest BCUT2D eigenvalue weighted by atomic mass is 35.5. The summed E-state index contributed by atoms with van der Waals surface area (Å²) >= 11 is 7.91. The second-order valence-corrected chi connectivity index (χ2v) is 8.49. The lowest BCUT2D eigenvalue weighted by atomic mass is 10.0. The number of nitrogens with one attached hydrogen (secondary N) is 1. The maximum Gasteiger partial charge on any atom is 0.123 e. The molecule has 2 aromatic heterocycles. The van der Waals surface area contributed by atoms with Crippen molar-refractivity contribution in [3.8, 4) is 10.6 Å². The minimum Gasteiger partial charge on any atom is -0.361 e. The SMILES string of the molecule is CC(c1c[nH]c2ccc(-c3nc(C(N)c4ccccc4Cl)cs3)cc12)N(C)C. The van der Waals surface area contributed by atoms with E-state index < -0.39 is 0 Å². The lowest BCUT2D eigenvalue weighted by molar-refractivity contribution is 0.323. The van der Waals surface area contributed by atoms with Crippen molar-refractivity contribution in [2.24, 2.45) is 5.73 Å². The number of hydrogen-bond acceptors (Lipinski definition) is 4. The maximum absolute atomic E-state index is 6.43. The van der Waals surface area contributed by atoms with Crippen molar-refractivity contribution in [2.75, 3.05) is 14.1 Å². The summed E-state index contributed by atoms with van der Waals surface area (Å²) in [4.78, 5) is 10.4. The predicted molar refractivity (Wildman–Crippen MR) is 119 cm³/mol. The number of hydrogen-bond donors (Lipinski definition) is 2. The maximum atomic E-state index is 6.43. The molecule has 28 heavy (non-hydrogen) atoms. The van der Waals surface area contributed by atoms with Gasteiger partial charge in [-0.2, -0.15) is 0 Å². The molecule has 0 fully saturated rings. The number of aromatic amines is 1. The number of rotatable bonds is 5. The normalized spacial score (nSPS) is 13.9. The van der Waals surface area contributed by atoms with Crippen LogP contribution in [0.2, 0.25) is 5.02 Å². The van der Waals surface area contributed by atoms with E-state index in [9.17, 15) is 0 Å². The first-order chi connectivity index (χ1) is 13.5. The van der Waals surface area contributed by atoms with Gasteiger partial charge in [-0.3, -0.25) is 0 Å². The van der Waals surface area contributed by atoms with E-state index in [0.29, 0.717) is 11.1 Å². The quantitative estimate of drug-likeness (QED) is 0.449. The van der Waals surface area contributed by atoms with Crippen LogP contribution in [0, 0.1) is 0 Å². The molecule has 0 aliphatic heterocycles. The largest absolute Gasteiger partial charge is 0.361 e. The lowest BCUT2D eigenvalue weighted by Gasteiger charge is -2.19. The van der Waals surface area contributed by atoms with Crippen molar-refractivity contribution in [2.45, 2.75) is 19.0 Å².